The summed E-state index contributed by atoms with van der Waals surface area (Å²) in [6.45, 7) is 0.222. The Morgan fingerprint density at radius 2 is 1.90 bits per heavy atom. The lowest BCUT2D eigenvalue weighted by Crippen LogP contribution is -2.47. The number of hydrogen-bond donors (Lipinski definition) is 3. The van der Waals surface area contributed by atoms with Gasteiger partial charge in [-0.25, -0.2) is 4.98 Å². The zero-order chi connectivity index (χ0) is 29.0. The monoisotopic (exact) mass is 566 g/mol. The molecule has 1 aromatic carbocycles. The van der Waals surface area contributed by atoms with E-state index in [1.165, 1.54) is 18.1 Å². The molecule has 0 aliphatic carbocycles. The number of aliphatic hydroxyl groups excluding tert-OH is 1. The van der Waals surface area contributed by atoms with E-state index in [0.717, 1.165) is 4.68 Å². The lowest BCUT2D eigenvalue weighted by molar-refractivity contribution is -0.362. The van der Waals surface area contributed by atoms with E-state index in [1.807, 2.05) is 6.92 Å². The molecule has 3 aromatic rings. The number of alkyl halides is 3. The first-order chi connectivity index (χ1) is 19.0. The van der Waals surface area contributed by atoms with Crippen molar-refractivity contribution in [3.05, 3.63) is 41.7 Å². The molecular weight excluding hydrogens is 535 g/mol. The van der Waals surface area contributed by atoms with Gasteiger partial charge in [0.1, 0.15) is 29.2 Å². The first-order valence-corrected chi connectivity index (χ1v) is 12.6. The molecule has 1 aliphatic heterocycles. The van der Waals surface area contributed by atoms with E-state index in [9.17, 15) is 22.8 Å². The Morgan fingerprint density at radius 1 is 1.20 bits per heavy atom. The molecule has 1 aliphatic rings. The fraction of sp³-hybridized carbons (Fsp3) is 0.423. The highest BCUT2D eigenvalue weighted by molar-refractivity contribution is 6.03. The van der Waals surface area contributed by atoms with Crippen molar-refractivity contribution in [1.82, 2.24) is 14.9 Å². The normalized spacial score (nSPS) is 14.3. The van der Waals surface area contributed by atoms with Gasteiger partial charge in [0.05, 0.1) is 7.11 Å². The topological polar surface area (TPSA) is 142 Å². The van der Waals surface area contributed by atoms with Gasteiger partial charge in [-0.3, -0.25) is 15.4 Å². The number of aryl methyl sites for hydroxylation is 1. The van der Waals surface area contributed by atoms with Gasteiger partial charge >= 0.3 is 11.8 Å². The van der Waals surface area contributed by atoms with E-state index in [4.69, 9.17) is 25.2 Å². The van der Waals surface area contributed by atoms with Crippen molar-refractivity contribution in [2.45, 2.75) is 38.4 Å². The van der Waals surface area contributed by atoms with Crippen molar-refractivity contribution in [3.63, 3.8) is 0 Å². The number of rotatable bonds is 9. The molecule has 0 saturated carbocycles. The quantitative estimate of drug-likeness (QED) is 0.337. The number of ether oxygens (including phenoxy) is 3. The van der Waals surface area contributed by atoms with Crippen LogP contribution in [0.25, 0.3) is 11.0 Å². The first-order valence-electron chi connectivity index (χ1n) is 12.6. The zero-order valence-corrected chi connectivity index (χ0v) is 22.0. The maximum Gasteiger partial charge on any atom is 0.422 e. The maximum absolute atomic E-state index is 13.4. The Hall–Kier alpha value is -4.20. The van der Waals surface area contributed by atoms with Crippen LogP contribution in [0.1, 0.15) is 35.9 Å². The maximum atomic E-state index is 13.4. The summed E-state index contributed by atoms with van der Waals surface area (Å²) in [5.74, 6) is 6.04. The van der Waals surface area contributed by atoms with Gasteiger partial charge in [0.2, 0.25) is 5.91 Å². The van der Waals surface area contributed by atoms with Gasteiger partial charge in [-0.05, 0) is 25.0 Å². The molecule has 14 heteroatoms. The molecule has 1 saturated heterocycles. The predicted molar refractivity (Wildman–Crippen MR) is 137 cm³/mol. The predicted octanol–water partition coefficient (Wildman–Crippen LogP) is 2.19. The number of pyridine rings is 1. The van der Waals surface area contributed by atoms with E-state index in [-0.39, 0.29) is 28.5 Å². The van der Waals surface area contributed by atoms with Crippen LogP contribution in [0.5, 0.6) is 23.0 Å². The van der Waals surface area contributed by atoms with E-state index in [1.54, 1.807) is 24.3 Å². The molecule has 4 rings (SSSR count). The second-order valence-corrected chi connectivity index (χ2v) is 9.25. The minimum absolute atomic E-state index is 0.121. The Kier molecular flexibility index (Phi) is 8.57. The molecule has 0 bridgehead atoms. The number of piperidine rings is 1. The lowest BCUT2D eigenvalue weighted by Gasteiger charge is -2.31. The molecule has 2 amide bonds. The number of fused-ring (bicyclic) bond motifs is 1. The van der Waals surface area contributed by atoms with Crippen LogP contribution in [0.15, 0.2) is 30.3 Å². The van der Waals surface area contributed by atoms with Crippen LogP contribution in [0.4, 0.5) is 13.2 Å². The third-order valence-electron chi connectivity index (χ3n) is 6.57. The standard InChI is InChI=1S/C26H30F3N5O6/c1-3-19-20(40-17-6-4-5-16(11-17)38-2)12-18-23(39-14-26(27,28)29)22(34(30)24(18)32-19)25(37)31-15-7-9-33(10-8-15)21(36)13-35/h4-6,11-12,15,35H,3,7-10,13-14,30H2,1-2H3,(H,31,37)/p+1. The highest BCUT2D eigenvalue weighted by Gasteiger charge is 2.36. The van der Waals surface area contributed by atoms with Crippen molar-refractivity contribution in [2.75, 3.05) is 39.3 Å². The van der Waals surface area contributed by atoms with Gasteiger partial charge in [0.25, 0.3) is 11.6 Å². The molecular formula is C26H31F3N5O6+. The Balaban J connectivity index is 1.70. The van der Waals surface area contributed by atoms with Crippen LogP contribution in [-0.4, -0.2) is 72.1 Å². The molecule has 5 N–H and O–H groups in total. The van der Waals surface area contributed by atoms with E-state index >= 15 is 0 Å². The Labute approximate surface area is 227 Å². The first kappa shape index (κ1) is 28.8. The Morgan fingerprint density at radius 3 is 2.52 bits per heavy atom. The second kappa shape index (κ2) is 11.9. The number of halogens is 3. The van der Waals surface area contributed by atoms with Crippen LogP contribution < -0.4 is 30.4 Å². The number of methoxy groups -OCH3 is 1. The minimum atomic E-state index is -4.67. The smallest absolute Gasteiger partial charge is 0.422 e. The number of nitrogen functional groups attached to an aromatic ring is 1. The van der Waals surface area contributed by atoms with Gasteiger partial charge in [0, 0.05) is 37.7 Å². The number of nitrogens with zero attached hydrogens (tertiary/aromatic N) is 2. The van der Waals surface area contributed by atoms with Crippen molar-refractivity contribution < 1.29 is 47.1 Å². The van der Waals surface area contributed by atoms with Gasteiger partial charge < -0.3 is 29.5 Å². The molecule has 40 heavy (non-hydrogen) atoms. The molecule has 0 radical (unpaired) electrons. The minimum Gasteiger partial charge on any atom is -0.497 e. The van der Waals surface area contributed by atoms with E-state index in [2.05, 4.69) is 10.3 Å². The van der Waals surface area contributed by atoms with Gasteiger partial charge in [-0.1, -0.05) is 13.0 Å². The molecule has 0 unspecified atom stereocenters. The van der Waals surface area contributed by atoms with Crippen molar-refractivity contribution in [3.8, 4) is 23.0 Å². The summed E-state index contributed by atoms with van der Waals surface area (Å²) < 4.78 is 56.9. The third kappa shape index (κ3) is 6.33. The number of carbonyl (C=O) groups excluding carboxylic acids is 2. The second-order valence-electron chi connectivity index (χ2n) is 9.25. The van der Waals surface area contributed by atoms with Crippen molar-refractivity contribution >= 4 is 22.8 Å². The molecule has 2 aromatic heterocycles. The van der Waals surface area contributed by atoms with Crippen LogP contribution in [0, 0.1) is 0 Å². The van der Waals surface area contributed by atoms with Crippen LogP contribution in [0.2, 0.25) is 0 Å². The lowest BCUT2D eigenvalue weighted by atomic mass is 10.0. The summed E-state index contributed by atoms with van der Waals surface area (Å²) >= 11 is 0. The van der Waals surface area contributed by atoms with Crippen LogP contribution >= 0.6 is 0 Å². The SMILES string of the molecule is CCc1[nH+]c2c(cc1Oc1cccc(OC)c1)c(OCC(F)(F)F)c(C(=O)NC1CCN(C(=O)CO)CC1)n2N. The molecule has 3 heterocycles. The van der Waals surface area contributed by atoms with Crippen molar-refractivity contribution in [2.24, 2.45) is 0 Å². The number of likely N-dealkylation sites (tertiary alicyclic amines) is 1. The molecule has 216 valence electrons. The van der Waals surface area contributed by atoms with Crippen molar-refractivity contribution in [1.29, 1.82) is 0 Å². The zero-order valence-electron chi connectivity index (χ0n) is 22.0. The number of aliphatic hydroxyl groups is 1. The molecule has 11 nitrogen and oxygen atoms in total. The number of nitrogens with one attached hydrogen (secondary N) is 2. The summed E-state index contributed by atoms with van der Waals surface area (Å²) in [6, 6.07) is 7.92. The number of carbonyl (C=O) groups is 2. The van der Waals surface area contributed by atoms with E-state index < -0.39 is 31.2 Å². The summed E-state index contributed by atoms with van der Waals surface area (Å²) in [4.78, 5) is 29.6. The number of aromatic nitrogens is 2. The number of H-pyrrole nitrogens is 1. The molecule has 0 atom stereocenters. The number of aromatic amines is 1. The summed E-state index contributed by atoms with van der Waals surface area (Å²) in [5.41, 5.74) is 0.445. The fourth-order valence-electron chi connectivity index (χ4n) is 4.56. The van der Waals surface area contributed by atoms with E-state index in [0.29, 0.717) is 55.3 Å². The number of amides is 2. The van der Waals surface area contributed by atoms with Crippen LogP contribution in [0.3, 0.4) is 0 Å². The number of nitrogens with two attached hydrogens (primary N) is 1. The molecule has 0 spiro atoms. The summed E-state index contributed by atoms with van der Waals surface area (Å²) in [5, 5.41) is 12.0. The number of hydrogen-bond acceptors (Lipinski definition) is 7. The average Bonchev–Trinajstić information content (AvgIpc) is 3.21. The van der Waals surface area contributed by atoms with Gasteiger partial charge in [-0.15, -0.1) is 4.68 Å². The highest BCUT2D eigenvalue weighted by atomic mass is 19.4. The summed E-state index contributed by atoms with van der Waals surface area (Å²) in [7, 11) is 1.51. The highest BCUT2D eigenvalue weighted by Crippen LogP contribution is 2.36. The molecule has 1 fully saturated rings. The number of benzene rings is 1. The summed E-state index contributed by atoms with van der Waals surface area (Å²) in [6.07, 6.45) is -3.43. The Bertz CT molecular complexity index is 1390. The largest absolute Gasteiger partial charge is 0.497 e. The van der Waals surface area contributed by atoms with Gasteiger partial charge in [0.15, 0.2) is 18.1 Å². The fourth-order valence-corrected chi connectivity index (χ4v) is 4.56. The average molecular weight is 567 g/mol. The van der Waals surface area contributed by atoms with Gasteiger partial charge in [-0.2, -0.15) is 13.2 Å². The third-order valence-corrected chi connectivity index (χ3v) is 6.57. The van der Waals surface area contributed by atoms with Crippen LogP contribution in [-0.2, 0) is 11.2 Å².